The lowest BCUT2D eigenvalue weighted by atomic mass is 9.94. The normalized spacial score (nSPS) is 14.3. The highest BCUT2D eigenvalue weighted by atomic mass is 14.7. The predicted octanol–water partition coefficient (Wildman–Crippen LogP) is 1.49. The van der Waals surface area contributed by atoms with E-state index in [1.807, 2.05) is 6.92 Å². The van der Waals surface area contributed by atoms with Gasteiger partial charge in [-0.2, -0.15) is 0 Å². The molecule has 1 nitrogen and oxygen atoms in total. The smallest absolute Gasteiger partial charge is 0.0442 e. The number of rotatable bonds is 0. The monoisotopic (exact) mass is 119 g/mol. The van der Waals surface area contributed by atoms with E-state index in [9.17, 15) is 0 Å². The Morgan fingerprint density at radius 3 is 2.67 bits per heavy atom. The molecule has 1 aliphatic carbocycles. The summed E-state index contributed by atoms with van der Waals surface area (Å²) in [6, 6.07) is 4.26. The fraction of sp³-hybridized carbons (Fsp3) is 0.375. The van der Waals surface area contributed by atoms with Crippen LogP contribution in [0.5, 0.6) is 0 Å². The van der Waals surface area contributed by atoms with Crippen molar-refractivity contribution in [2.24, 2.45) is 0 Å². The first-order valence-electron chi connectivity index (χ1n) is 3.32. The predicted molar refractivity (Wildman–Crippen MR) is 36.4 cm³/mol. The minimum atomic E-state index is 1.15. The lowest BCUT2D eigenvalue weighted by Gasteiger charge is -2.16. The van der Waals surface area contributed by atoms with Crippen molar-refractivity contribution in [3.8, 4) is 0 Å². The van der Waals surface area contributed by atoms with Gasteiger partial charge in [-0.25, -0.2) is 0 Å². The molecule has 1 heteroatoms. The summed E-state index contributed by atoms with van der Waals surface area (Å²) in [5.41, 5.74) is 3.91. The summed E-state index contributed by atoms with van der Waals surface area (Å²) in [6.07, 6.45) is 2.43. The summed E-state index contributed by atoms with van der Waals surface area (Å²) in [5.74, 6) is 0. The molecule has 0 spiro atoms. The van der Waals surface area contributed by atoms with Gasteiger partial charge in [-0.3, -0.25) is 4.98 Å². The molecular formula is C8H9N. The highest BCUT2D eigenvalue weighted by molar-refractivity contribution is 5.30. The molecule has 0 unspecified atom stereocenters. The Bertz CT molecular complexity index is 240. The molecule has 0 radical (unpaired) electrons. The molecular weight excluding hydrogens is 110 g/mol. The third-order valence-electron chi connectivity index (χ3n) is 1.84. The van der Waals surface area contributed by atoms with Crippen LogP contribution >= 0.6 is 0 Å². The summed E-state index contributed by atoms with van der Waals surface area (Å²) < 4.78 is 0. The average Bonchev–Trinajstić information content (AvgIpc) is 1.78. The molecule has 1 heterocycles. The Morgan fingerprint density at radius 1 is 1.33 bits per heavy atom. The second-order valence-electron chi connectivity index (χ2n) is 2.56. The van der Waals surface area contributed by atoms with Gasteiger partial charge >= 0.3 is 0 Å². The first kappa shape index (κ1) is 4.98. The van der Waals surface area contributed by atoms with Crippen molar-refractivity contribution >= 4 is 0 Å². The Balaban J connectivity index is 2.57. The minimum Gasteiger partial charge on any atom is -0.258 e. The number of aromatic nitrogens is 1. The lowest BCUT2D eigenvalue weighted by molar-refractivity contribution is 0.780. The molecule has 0 atom stereocenters. The molecule has 0 aliphatic heterocycles. The first-order chi connectivity index (χ1) is 4.36. The third kappa shape index (κ3) is 0.645. The Hall–Kier alpha value is -0.850. The lowest BCUT2D eigenvalue weighted by Crippen LogP contribution is -2.10. The van der Waals surface area contributed by atoms with Gasteiger partial charge in [-0.15, -0.1) is 0 Å². The zero-order chi connectivity index (χ0) is 6.27. The molecule has 0 saturated carbocycles. The molecule has 1 aromatic rings. The van der Waals surface area contributed by atoms with E-state index in [-0.39, 0.29) is 0 Å². The molecule has 2 rings (SSSR count). The molecule has 0 fully saturated rings. The highest BCUT2D eigenvalue weighted by Gasteiger charge is 2.12. The molecule has 0 saturated heterocycles. The summed E-state index contributed by atoms with van der Waals surface area (Å²) in [6.45, 7) is 2.04. The summed E-state index contributed by atoms with van der Waals surface area (Å²) >= 11 is 0. The van der Waals surface area contributed by atoms with E-state index < -0.39 is 0 Å². The maximum Gasteiger partial charge on any atom is 0.0442 e. The zero-order valence-corrected chi connectivity index (χ0v) is 5.52. The summed E-state index contributed by atoms with van der Waals surface area (Å²) in [5, 5.41) is 0. The van der Waals surface area contributed by atoms with E-state index in [0.717, 1.165) is 5.69 Å². The number of pyridine rings is 1. The molecule has 1 aromatic heterocycles. The standard InChI is InChI=1S/C8H9N/c1-6-2-3-7-4-5-8(7)9-6/h2-3H,4-5H2,1H3. The largest absolute Gasteiger partial charge is 0.258 e. The van der Waals surface area contributed by atoms with Crippen molar-refractivity contribution in [3.63, 3.8) is 0 Å². The van der Waals surface area contributed by atoms with E-state index >= 15 is 0 Å². The van der Waals surface area contributed by atoms with E-state index in [0.29, 0.717) is 0 Å². The molecule has 0 aromatic carbocycles. The van der Waals surface area contributed by atoms with E-state index in [1.54, 1.807) is 0 Å². The third-order valence-corrected chi connectivity index (χ3v) is 1.84. The van der Waals surface area contributed by atoms with Gasteiger partial charge < -0.3 is 0 Å². The van der Waals surface area contributed by atoms with Crippen LogP contribution < -0.4 is 0 Å². The topological polar surface area (TPSA) is 12.9 Å². The highest BCUT2D eigenvalue weighted by Crippen LogP contribution is 2.19. The van der Waals surface area contributed by atoms with E-state index in [2.05, 4.69) is 17.1 Å². The summed E-state index contributed by atoms with van der Waals surface area (Å²) in [7, 11) is 0. The van der Waals surface area contributed by atoms with Crippen LogP contribution in [-0.2, 0) is 12.8 Å². The SMILES string of the molecule is Cc1ccc2c(n1)CC2. The van der Waals surface area contributed by atoms with Crippen molar-refractivity contribution < 1.29 is 0 Å². The second-order valence-corrected chi connectivity index (χ2v) is 2.56. The van der Waals surface area contributed by atoms with Gasteiger partial charge in [0.1, 0.15) is 0 Å². The Morgan fingerprint density at radius 2 is 2.22 bits per heavy atom. The average molecular weight is 119 g/mol. The van der Waals surface area contributed by atoms with Crippen molar-refractivity contribution in [1.29, 1.82) is 0 Å². The van der Waals surface area contributed by atoms with E-state index in [4.69, 9.17) is 0 Å². The van der Waals surface area contributed by atoms with Gasteiger partial charge in [0.15, 0.2) is 0 Å². The van der Waals surface area contributed by atoms with E-state index in [1.165, 1.54) is 24.1 Å². The number of hydrogen-bond donors (Lipinski definition) is 0. The minimum absolute atomic E-state index is 1.15. The van der Waals surface area contributed by atoms with Crippen LogP contribution in [0.4, 0.5) is 0 Å². The number of fused-ring (bicyclic) bond motifs is 1. The molecule has 0 bridgehead atoms. The van der Waals surface area contributed by atoms with Gasteiger partial charge in [0, 0.05) is 11.4 Å². The summed E-state index contributed by atoms with van der Waals surface area (Å²) in [4.78, 5) is 4.36. The molecule has 0 N–H and O–H groups in total. The van der Waals surface area contributed by atoms with Crippen molar-refractivity contribution in [1.82, 2.24) is 4.98 Å². The van der Waals surface area contributed by atoms with Crippen LogP contribution in [0.15, 0.2) is 12.1 Å². The maximum atomic E-state index is 4.36. The molecule has 1 aliphatic rings. The van der Waals surface area contributed by atoms with Crippen LogP contribution in [0.25, 0.3) is 0 Å². The molecule has 46 valence electrons. The molecule has 9 heavy (non-hydrogen) atoms. The van der Waals surface area contributed by atoms with Crippen LogP contribution in [-0.4, -0.2) is 4.98 Å². The number of nitrogens with zero attached hydrogens (tertiary/aromatic N) is 1. The van der Waals surface area contributed by atoms with Crippen LogP contribution in [0, 0.1) is 6.92 Å². The second kappa shape index (κ2) is 1.56. The van der Waals surface area contributed by atoms with Crippen LogP contribution in [0.3, 0.4) is 0 Å². The Kier molecular flexibility index (Phi) is 0.865. The quantitative estimate of drug-likeness (QED) is 0.504. The van der Waals surface area contributed by atoms with Crippen LogP contribution in [0.1, 0.15) is 17.0 Å². The number of aryl methyl sites for hydroxylation is 3. The van der Waals surface area contributed by atoms with Crippen molar-refractivity contribution in [2.75, 3.05) is 0 Å². The van der Waals surface area contributed by atoms with Gasteiger partial charge in [-0.05, 0) is 31.4 Å². The maximum absolute atomic E-state index is 4.36. The fourth-order valence-corrected chi connectivity index (χ4v) is 1.16. The van der Waals surface area contributed by atoms with Gasteiger partial charge in [0.05, 0.1) is 0 Å². The van der Waals surface area contributed by atoms with Crippen LogP contribution in [0.2, 0.25) is 0 Å². The van der Waals surface area contributed by atoms with Gasteiger partial charge in [-0.1, -0.05) is 6.07 Å². The fourth-order valence-electron chi connectivity index (χ4n) is 1.16. The Labute approximate surface area is 54.7 Å². The first-order valence-corrected chi connectivity index (χ1v) is 3.32. The van der Waals surface area contributed by atoms with Crippen molar-refractivity contribution in [3.05, 3.63) is 29.1 Å². The molecule has 0 amide bonds. The van der Waals surface area contributed by atoms with Gasteiger partial charge in [0.2, 0.25) is 0 Å². The van der Waals surface area contributed by atoms with Crippen molar-refractivity contribution in [2.45, 2.75) is 19.8 Å². The zero-order valence-electron chi connectivity index (χ0n) is 5.52. The number of hydrogen-bond acceptors (Lipinski definition) is 1. The van der Waals surface area contributed by atoms with Gasteiger partial charge in [0.25, 0.3) is 0 Å².